The summed E-state index contributed by atoms with van der Waals surface area (Å²) in [6.07, 6.45) is 1.85. The molecule has 0 aliphatic carbocycles. The van der Waals surface area contributed by atoms with Crippen LogP contribution in [0.4, 0.5) is 0 Å². The molecular formula is C12H16N2S2. The van der Waals surface area contributed by atoms with E-state index >= 15 is 0 Å². The first-order valence-electron chi connectivity index (χ1n) is 5.35. The third-order valence-corrected chi connectivity index (χ3v) is 4.35. The monoisotopic (exact) mass is 252 g/mol. The van der Waals surface area contributed by atoms with Crippen LogP contribution in [-0.4, -0.2) is 4.98 Å². The molecule has 0 aliphatic rings. The number of nitrogens with one attached hydrogen (secondary N) is 1. The molecule has 1 N–H and O–H groups in total. The van der Waals surface area contributed by atoms with Gasteiger partial charge in [-0.1, -0.05) is 0 Å². The topological polar surface area (TPSA) is 24.9 Å². The highest BCUT2D eigenvalue weighted by molar-refractivity contribution is 7.12. The van der Waals surface area contributed by atoms with Gasteiger partial charge in [-0.15, -0.1) is 22.7 Å². The van der Waals surface area contributed by atoms with Gasteiger partial charge in [-0.05, 0) is 32.4 Å². The van der Waals surface area contributed by atoms with Gasteiger partial charge in [-0.25, -0.2) is 4.98 Å². The highest BCUT2D eigenvalue weighted by atomic mass is 32.1. The molecule has 1 atom stereocenters. The zero-order valence-corrected chi connectivity index (χ0v) is 11.4. The van der Waals surface area contributed by atoms with Gasteiger partial charge in [-0.3, -0.25) is 0 Å². The molecule has 2 nitrogen and oxygen atoms in total. The van der Waals surface area contributed by atoms with Crippen LogP contribution in [0.3, 0.4) is 0 Å². The molecule has 0 saturated heterocycles. The summed E-state index contributed by atoms with van der Waals surface area (Å²) in [4.78, 5) is 7.07. The van der Waals surface area contributed by atoms with Crippen LogP contribution in [0.5, 0.6) is 0 Å². The lowest BCUT2D eigenvalue weighted by atomic mass is 10.1. The van der Waals surface area contributed by atoms with E-state index in [0.717, 1.165) is 11.6 Å². The van der Waals surface area contributed by atoms with Crippen molar-refractivity contribution < 1.29 is 0 Å². The Hall–Kier alpha value is -0.710. The Morgan fingerprint density at radius 1 is 1.44 bits per heavy atom. The van der Waals surface area contributed by atoms with Gasteiger partial charge in [0.05, 0.1) is 0 Å². The molecule has 0 bridgehead atoms. The van der Waals surface area contributed by atoms with Crippen molar-refractivity contribution in [1.29, 1.82) is 0 Å². The van der Waals surface area contributed by atoms with Crippen LogP contribution in [-0.2, 0) is 6.54 Å². The van der Waals surface area contributed by atoms with E-state index in [-0.39, 0.29) is 0 Å². The van der Waals surface area contributed by atoms with Gasteiger partial charge in [-0.2, -0.15) is 0 Å². The average Bonchev–Trinajstić information content (AvgIpc) is 2.84. The van der Waals surface area contributed by atoms with Crippen LogP contribution < -0.4 is 5.32 Å². The number of thiophene rings is 1. The smallest absolute Gasteiger partial charge is 0.106 e. The van der Waals surface area contributed by atoms with Crippen LogP contribution >= 0.6 is 22.7 Å². The fraction of sp³-hybridized carbons (Fsp3) is 0.417. The van der Waals surface area contributed by atoms with Crippen molar-refractivity contribution in [2.75, 3.05) is 0 Å². The maximum atomic E-state index is 4.27. The van der Waals surface area contributed by atoms with Gasteiger partial charge >= 0.3 is 0 Å². The van der Waals surface area contributed by atoms with Crippen LogP contribution in [0.25, 0.3) is 0 Å². The van der Waals surface area contributed by atoms with E-state index in [1.54, 1.807) is 11.3 Å². The molecule has 86 valence electrons. The summed E-state index contributed by atoms with van der Waals surface area (Å²) in [7, 11) is 0. The summed E-state index contributed by atoms with van der Waals surface area (Å²) in [6, 6.07) is 2.67. The van der Waals surface area contributed by atoms with Crippen LogP contribution in [0, 0.1) is 13.8 Å². The molecule has 2 rings (SSSR count). The van der Waals surface area contributed by atoms with Gasteiger partial charge in [0.25, 0.3) is 0 Å². The standard InChI is InChI=1S/C12H16N2S2/c1-8-6-11(10(3)16-8)9(2)14-7-12-13-4-5-15-12/h4-6,9,14H,7H2,1-3H3. The lowest BCUT2D eigenvalue weighted by molar-refractivity contribution is 0.572. The molecule has 2 aromatic heterocycles. The van der Waals surface area contributed by atoms with E-state index < -0.39 is 0 Å². The molecule has 0 aromatic carbocycles. The molecule has 0 amide bonds. The summed E-state index contributed by atoms with van der Waals surface area (Å²) in [5.41, 5.74) is 1.42. The van der Waals surface area contributed by atoms with Crippen LogP contribution in [0.1, 0.15) is 33.3 Å². The number of rotatable bonds is 4. The third-order valence-electron chi connectivity index (χ3n) is 2.59. The normalized spacial score (nSPS) is 12.9. The molecule has 1 unspecified atom stereocenters. The molecular weight excluding hydrogens is 236 g/mol. The number of thiazole rings is 1. The van der Waals surface area contributed by atoms with Crippen molar-refractivity contribution in [3.05, 3.63) is 38.0 Å². The van der Waals surface area contributed by atoms with Crippen molar-refractivity contribution in [3.63, 3.8) is 0 Å². The Balaban J connectivity index is 1.98. The molecule has 2 heterocycles. The number of hydrogen-bond donors (Lipinski definition) is 1. The highest BCUT2D eigenvalue weighted by Gasteiger charge is 2.10. The highest BCUT2D eigenvalue weighted by Crippen LogP contribution is 2.26. The van der Waals surface area contributed by atoms with Gasteiger partial charge in [0, 0.05) is 33.9 Å². The SMILES string of the molecule is Cc1cc(C(C)NCc2nccs2)c(C)s1. The summed E-state index contributed by atoms with van der Waals surface area (Å²) in [5.74, 6) is 0. The summed E-state index contributed by atoms with van der Waals surface area (Å²) >= 11 is 3.57. The Kier molecular flexibility index (Phi) is 3.74. The largest absolute Gasteiger partial charge is 0.304 e. The van der Waals surface area contributed by atoms with E-state index in [1.807, 2.05) is 22.9 Å². The number of aryl methyl sites for hydroxylation is 2. The van der Waals surface area contributed by atoms with Crippen molar-refractivity contribution in [1.82, 2.24) is 10.3 Å². The Labute approximate surface area is 104 Å². The Morgan fingerprint density at radius 3 is 2.81 bits per heavy atom. The Bertz CT molecular complexity index is 446. The molecule has 0 fully saturated rings. The van der Waals surface area contributed by atoms with Crippen LogP contribution in [0.2, 0.25) is 0 Å². The van der Waals surface area contributed by atoms with Gasteiger partial charge in [0.15, 0.2) is 0 Å². The molecule has 0 aliphatic heterocycles. The molecule has 0 radical (unpaired) electrons. The molecule has 16 heavy (non-hydrogen) atoms. The first-order chi connectivity index (χ1) is 7.66. The molecule has 0 spiro atoms. The van der Waals surface area contributed by atoms with Crippen molar-refractivity contribution in [2.24, 2.45) is 0 Å². The van der Waals surface area contributed by atoms with E-state index in [2.05, 4.69) is 37.1 Å². The van der Waals surface area contributed by atoms with Gasteiger partial charge in [0.1, 0.15) is 5.01 Å². The van der Waals surface area contributed by atoms with E-state index in [9.17, 15) is 0 Å². The van der Waals surface area contributed by atoms with Gasteiger partial charge in [0.2, 0.25) is 0 Å². The third kappa shape index (κ3) is 2.70. The van der Waals surface area contributed by atoms with Crippen molar-refractivity contribution in [2.45, 2.75) is 33.4 Å². The summed E-state index contributed by atoms with van der Waals surface area (Å²) in [5, 5.41) is 6.68. The Morgan fingerprint density at radius 2 is 2.25 bits per heavy atom. The molecule has 4 heteroatoms. The zero-order valence-electron chi connectivity index (χ0n) is 9.78. The second kappa shape index (κ2) is 5.08. The van der Waals surface area contributed by atoms with E-state index in [4.69, 9.17) is 0 Å². The molecule has 2 aromatic rings. The quantitative estimate of drug-likeness (QED) is 0.898. The fourth-order valence-electron chi connectivity index (χ4n) is 1.77. The predicted octanol–water partition coefficient (Wildman–Crippen LogP) is 3.67. The first-order valence-corrected chi connectivity index (χ1v) is 7.05. The minimum absolute atomic E-state index is 0.397. The maximum Gasteiger partial charge on any atom is 0.106 e. The molecule has 0 saturated carbocycles. The second-order valence-electron chi connectivity index (χ2n) is 3.90. The van der Waals surface area contributed by atoms with E-state index in [0.29, 0.717) is 6.04 Å². The maximum absolute atomic E-state index is 4.27. The second-order valence-corrected chi connectivity index (χ2v) is 6.34. The zero-order chi connectivity index (χ0) is 11.5. The predicted molar refractivity (Wildman–Crippen MR) is 71.2 cm³/mol. The first kappa shape index (κ1) is 11.8. The van der Waals surface area contributed by atoms with Gasteiger partial charge < -0.3 is 5.32 Å². The minimum atomic E-state index is 0.397. The average molecular weight is 252 g/mol. The number of nitrogens with zero attached hydrogens (tertiary/aromatic N) is 1. The van der Waals surface area contributed by atoms with Crippen LogP contribution in [0.15, 0.2) is 17.6 Å². The van der Waals surface area contributed by atoms with Crippen molar-refractivity contribution in [3.8, 4) is 0 Å². The number of aromatic nitrogens is 1. The number of hydrogen-bond acceptors (Lipinski definition) is 4. The fourth-order valence-corrected chi connectivity index (χ4v) is 3.36. The van der Waals surface area contributed by atoms with Crippen molar-refractivity contribution >= 4 is 22.7 Å². The van der Waals surface area contributed by atoms with E-state index in [1.165, 1.54) is 15.3 Å². The lowest BCUT2D eigenvalue weighted by Crippen LogP contribution is -2.18. The summed E-state index contributed by atoms with van der Waals surface area (Å²) < 4.78 is 0. The lowest BCUT2D eigenvalue weighted by Gasteiger charge is -2.12. The minimum Gasteiger partial charge on any atom is -0.304 e. The summed E-state index contributed by atoms with van der Waals surface area (Å²) in [6.45, 7) is 7.42.